The molecule has 0 aromatic heterocycles. The molecule has 0 radical (unpaired) electrons. The number of fused-ring (bicyclic) bond motifs is 3. The van der Waals surface area contributed by atoms with Crippen LogP contribution in [-0.4, -0.2) is 25.2 Å². The van der Waals surface area contributed by atoms with Crippen LogP contribution in [0.5, 0.6) is 0 Å². The van der Waals surface area contributed by atoms with Gasteiger partial charge < -0.3 is 10.2 Å². The predicted octanol–water partition coefficient (Wildman–Crippen LogP) is 1.97. The van der Waals surface area contributed by atoms with Crippen LogP contribution in [0.4, 0.5) is 10.1 Å². The summed E-state index contributed by atoms with van der Waals surface area (Å²) in [6, 6.07) is 6.20. The quantitative estimate of drug-likeness (QED) is 0.749. The van der Waals surface area contributed by atoms with Crippen molar-refractivity contribution in [2.24, 2.45) is 0 Å². The fourth-order valence-corrected chi connectivity index (χ4v) is 2.84. The summed E-state index contributed by atoms with van der Waals surface area (Å²) in [5.74, 6) is -0.116. The molecule has 0 amide bonds. The van der Waals surface area contributed by atoms with Crippen molar-refractivity contribution in [2.75, 3.05) is 18.0 Å². The predicted molar refractivity (Wildman–Crippen MR) is 66.0 cm³/mol. The number of piperazine rings is 1. The molecule has 0 bridgehead atoms. The lowest BCUT2D eigenvalue weighted by atomic mass is 10.1. The standard InChI is InChI=1S/C12H15FN2.ClH/c1-8-6-14-7-11-5-9-4-10(13)2-3-12(9)15(8)11;/h2-4,8,11,14H,5-7H2,1H3;1H/t8-,11-;/m1./s1. The summed E-state index contributed by atoms with van der Waals surface area (Å²) in [4.78, 5) is 2.44. The van der Waals surface area contributed by atoms with Gasteiger partial charge in [0.1, 0.15) is 5.82 Å². The minimum Gasteiger partial charge on any atom is -0.363 e. The molecule has 4 heteroatoms. The van der Waals surface area contributed by atoms with Crippen LogP contribution in [0.2, 0.25) is 0 Å². The van der Waals surface area contributed by atoms with Crippen LogP contribution in [0.1, 0.15) is 12.5 Å². The van der Waals surface area contributed by atoms with Crippen molar-refractivity contribution < 1.29 is 4.39 Å². The summed E-state index contributed by atoms with van der Waals surface area (Å²) in [7, 11) is 0. The van der Waals surface area contributed by atoms with Crippen LogP contribution in [0.15, 0.2) is 18.2 Å². The molecule has 2 heterocycles. The molecule has 2 atom stereocenters. The molecule has 1 N–H and O–H groups in total. The summed E-state index contributed by atoms with van der Waals surface area (Å²) < 4.78 is 13.1. The van der Waals surface area contributed by atoms with E-state index in [1.54, 1.807) is 12.1 Å². The maximum atomic E-state index is 13.1. The Bertz CT molecular complexity index is 397. The van der Waals surface area contributed by atoms with Crippen molar-refractivity contribution in [1.82, 2.24) is 5.32 Å². The largest absolute Gasteiger partial charge is 0.363 e. The summed E-state index contributed by atoms with van der Waals surface area (Å²) in [5, 5.41) is 3.42. The Kier molecular flexibility index (Phi) is 3.08. The third-order valence-corrected chi connectivity index (χ3v) is 3.46. The molecule has 0 unspecified atom stereocenters. The first kappa shape index (κ1) is 11.7. The molecule has 2 aliphatic rings. The Balaban J connectivity index is 0.000000963. The van der Waals surface area contributed by atoms with E-state index in [1.165, 1.54) is 5.69 Å². The molecule has 16 heavy (non-hydrogen) atoms. The molecule has 2 nitrogen and oxygen atoms in total. The van der Waals surface area contributed by atoms with E-state index in [0.29, 0.717) is 12.1 Å². The van der Waals surface area contributed by atoms with Crippen LogP contribution in [-0.2, 0) is 6.42 Å². The highest BCUT2D eigenvalue weighted by molar-refractivity contribution is 5.85. The number of rotatable bonds is 0. The number of anilines is 1. The van der Waals surface area contributed by atoms with Crippen molar-refractivity contribution in [3.05, 3.63) is 29.6 Å². The maximum absolute atomic E-state index is 13.1. The Labute approximate surface area is 101 Å². The van der Waals surface area contributed by atoms with Crippen LogP contribution in [0.3, 0.4) is 0 Å². The molecule has 1 aromatic carbocycles. The van der Waals surface area contributed by atoms with Gasteiger partial charge in [-0.25, -0.2) is 4.39 Å². The highest BCUT2D eigenvalue weighted by Crippen LogP contribution is 2.35. The maximum Gasteiger partial charge on any atom is 0.123 e. The second kappa shape index (κ2) is 4.22. The number of benzene rings is 1. The normalized spacial score (nSPS) is 27.0. The van der Waals surface area contributed by atoms with E-state index in [-0.39, 0.29) is 18.2 Å². The van der Waals surface area contributed by atoms with E-state index >= 15 is 0 Å². The lowest BCUT2D eigenvalue weighted by molar-refractivity contribution is 0.430. The van der Waals surface area contributed by atoms with Crippen molar-refractivity contribution in [3.63, 3.8) is 0 Å². The summed E-state index contributed by atoms with van der Waals surface area (Å²) in [6.45, 7) is 4.26. The van der Waals surface area contributed by atoms with Crippen LogP contribution < -0.4 is 10.2 Å². The number of nitrogens with one attached hydrogen (secondary N) is 1. The zero-order valence-corrected chi connectivity index (χ0v) is 10.1. The molecule has 88 valence electrons. The number of halogens is 2. The summed E-state index contributed by atoms with van der Waals surface area (Å²) >= 11 is 0. The first-order valence-electron chi connectivity index (χ1n) is 5.53. The minimum atomic E-state index is -0.116. The minimum absolute atomic E-state index is 0. The van der Waals surface area contributed by atoms with Gasteiger partial charge in [-0.2, -0.15) is 0 Å². The van der Waals surface area contributed by atoms with Gasteiger partial charge in [0, 0.05) is 30.9 Å². The molecular formula is C12H16ClFN2. The fraction of sp³-hybridized carbons (Fsp3) is 0.500. The van der Waals surface area contributed by atoms with E-state index in [2.05, 4.69) is 17.1 Å². The molecule has 1 saturated heterocycles. The molecule has 1 aromatic rings. The smallest absolute Gasteiger partial charge is 0.123 e. The van der Waals surface area contributed by atoms with Crippen molar-refractivity contribution in [2.45, 2.75) is 25.4 Å². The summed E-state index contributed by atoms with van der Waals surface area (Å²) in [6.07, 6.45) is 0.977. The van der Waals surface area contributed by atoms with Gasteiger partial charge in [0.15, 0.2) is 0 Å². The van der Waals surface area contributed by atoms with Gasteiger partial charge in [-0.15, -0.1) is 12.4 Å². The second-order valence-electron chi connectivity index (χ2n) is 4.55. The zero-order chi connectivity index (χ0) is 10.4. The van der Waals surface area contributed by atoms with Gasteiger partial charge in [0.2, 0.25) is 0 Å². The lowest BCUT2D eigenvalue weighted by Gasteiger charge is -2.38. The lowest BCUT2D eigenvalue weighted by Crippen LogP contribution is -2.54. The highest BCUT2D eigenvalue weighted by atomic mass is 35.5. The van der Waals surface area contributed by atoms with E-state index < -0.39 is 0 Å². The van der Waals surface area contributed by atoms with Crippen molar-refractivity contribution in [3.8, 4) is 0 Å². The monoisotopic (exact) mass is 242 g/mol. The highest BCUT2D eigenvalue weighted by Gasteiger charge is 2.34. The molecular weight excluding hydrogens is 227 g/mol. The molecule has 2 aliphatic heterocycles. The second-order valence-corrected chi connectivity index (χ2v) is 4.55. The van der Waals surface area contributed by atoms with Crippen molar-refractivity contribution in [1.29, 1.82) is 0 Å². The average Bonchev–Trinajstić information content (AvgIpc) is 2.56. The first-order chi connectivity index (χ1) is 7.25. The van der Waals surface area contributed by atoms with E-state index in [9.17, 15) is 4.39 Å². The van der Waals surface area contributed by atoms with Gasteiger partial charge in [-0.05, 0) is 37.1 Å². The molecule has 3 rings (SSSR count). The Morgan fingerprint density at radius 3 is 3.00 bits per heavy atom. The van der Waals surface area contributed by atoms with E-state index in [4.69, 9.17) is 0 Å². The van der Waals surface area contributed by atoms with Crippen LogP contribution in [0.25, 0.3) is 0 Å². The summed E-state index contributed by atoms with van der Waals surface area (Å²) in [5.41, 5.74) is 2.39. The molecule has 0 saturated carbocycles. The number of hydrogen-bond acceptors (Lipinski definition) is 2. The number of hydrogen-bond donors (Lipinski definition) is 1. The van der Waals surface area contributed by atoms with E-state index in [1.807, 2.05) is 6.07 Å². The van der Waals surface area contributed by atoms with Gasteiger partial charge in [-0.1, -0.05) is 0 Å². The Morgan fingerprint density at radius 1 is 1.38 bits per heavy atom. The SMILES string of the molecule is C[C@@H]1CNC[C@H]2Cc3cc(F)ccc3N21.Cl. The van der Waals surface area contributed by atoms with Gasteiger partial charge in [0.05, 0.1) is 0 Å². The first-order valence-corrected chi connectivity index (χ1v) is 5.53. The van der Waals surface area contributed by atoms with Gasteiger partial charge >= 0.3 is 0 Å². The molecule has 0 spiro atoms. The van der Waals surface area contributed by atoms with Crippen LogP contribution in [0, 0.1) is 5.82 Å². The molecule has 1 fully saturated rings. The third kappa shape index (κ3) is 1.68. The van der Waals surface area contributed by atoms with Gasteiger partial charge in [-0.3, -0.25) is 0 Å². The van der Waals surface area contributed by atoms with Crippen LogP contribution >= 0.6 is 12.4 Å². The zero-order valence-electron chi connectivity index (χ0n) is 9.24. The van der Waals surface area contributed by atoms with E-state index in [0.717, 1.165) is 25.1 Å². The molecule has 0 aliphatic carbocycles. The topological polar surface area (TPSA) is 15.3 Å². The third-order valence-electron chi connectivity index (χ3n) is 3.46. The average molecular weight is 243 g/mol. The number of nitrogens with zero attached hydrogens (tertiary/aromatic N) is 1. The Hall–Kier alpha value is -0.800. The Morgan fingerprint density at radius 2 is 2.19 bits per heavy atom. The van der Waals surface area contributed by atoms with Gasteiger partial charge in [0.25, 0.3) is 0 Å². The fourth-order valence-electron chi connectivity index (χ4n) is 2.84. The van der Waals surface area contributed by atoms with Crippen molar-refractivity contribution >= 4 is 18.1 Å².